The van der Waals surface area contributed by atoms with Crippen LogP contribution in [0.1, 0.15) is 62.3 Å². The molecule has 0 radical (unpaired) electrons. The molecule has 7 nitrogen and oxygen atoms in total. The van der Waals surface area contributed by atoms with Crippen molar-refractivity contribution in [2.75, 3.05) is 6.54 Å². The molecule has 7 heteroatoms. The van der Waals surface area contributed by atoms with Crippen molar-refractivity contribution >= 4 is 6.21 Å². The molecule has 1 saturated carbocycles. The van der Waals surface area contributed by atoms with Crippen LogP contribution in [0.15, 0.2) is 26.7 Å². The third kappa shape index (κ3) is 4.82. The van der Waals surface area contributed by atoms with Crippen LogP contribution in [-0.2, 0) is 0 Å². The lowest BCUT2D eigenvalue weighted by atomic mass is 9.63. The molecule has 0 unspecified atom stereocenters. The summed E-state index contributed by atoms with van der Waals surface area (Å²) in [6.07, 6.45) is 3.25. The van der Waals surface area contributed by atoms with Crippen LogP contribution in [0, 0.1) is 31.6 Å². The summed E-state index contributed by atoms with van der Waals surface area (Å²) in [7, 11) is 0. The van der Waals surface area contributed by atoms with Crippen LogP contribution in [0.4, 0.5) is 0 Å². The summed E-state index contributed by atoms with van der Waals surface area (Å²) in [6.45, 7) is 12.4. The number of nitrogens with one attached hydrogen (secondary N) is 1. The van der Waals surface area contributed by atoms with E-state index >= 15 is 0 Å². The first kappa shape index (κ1) is 23.0. The molecule has 3 N–H and O–H groups in total. The molecule has 0 saturated heterocycles. The fourth-order valence-electron chi connectivity index (χ4n) is 5.44. The number of aliphatic hydroxyl groups excluding tert-OH is 1. The third-order valence-corrected chi connectivity index (χ3v) is 6.10. The van der Waals surface area contributed by atoms with Gasteiger partial charge >= 0.3 is 5.69 Å². The van der Waals surface area contributed by atoms with Gasteiger partial charge in [0.15, 0.2) is 0 Å². The Morgan fingerprint density at radius 2 is 1.77 bits per heavy atom. The monoisotopic (exact) mass is 427 g/mol. The van der Waals surface area contributed by atoms with Crippen LogP contribution in [0.3, 0.4) is 0 Å². The van der Waals surface area contributed by atoms with E-state index in [4.69, 9.17) is 0 Å². The molecule has 2 atom stereocenters. The second-order valence-corrected chi connectivity index (χ2v) is 10.3. The van der Waals surface area contributed by atoms with Gasteiger partial charge in [0.2, 0.25) is 5.88 Å². The van der Waals surface area contributed by atoms with Crippen molar-refractivity contribution in [1.82, 2.24) is 9.55 Å². The molecule has 0 bridgehead atoms. The first-order valence-corrected chi connectivity index (χ1v) is 10.7. The zero-order valence-electron chi connectivity index (χ0n) is 19.2. The highest BCUT2D eigenvalue weighted by atomic mass is 16.3. The van der Waals surface area contributed by atoms with Gasteiger partial charge in [-0.15, -0.1) is 0 Å². The van der Waals surface area contributed by atoms with E-state index in [1.54, 1.807) is 0 Å². The average Bonchev–Trinajstić information content (AvgIpc) is 2.57. The number of aromatic amines is 1. The summed E-state index contributed by atoms with van der Waals surface area (Å²) in [5.41, 5.74) is 1.59. The van der Waals surface area contributed by atoms with E-state index in [1.165, 1.54) is 6.21 Å². The van der Waals surface area contributed by atoms with E-state index in [0.29, 0.717) is 18.7 Å². The highest BCUT2D eigenvalue weighted by Gasteiger charge is 2.40. The van der Waals surface area contributed by atoms with Crippen LogP contribution in [0.5, 0.6) is 5.88 Å². The Morgan fingerprint density at radius 3 is 2.35 bits per heavy atom. The van der Waals surface area contributed by atoms with Crippen molar-refractivity contribution in [3.8, 4) is 11.6 Å². The van der Waals surface area contributed by atoms with E-state index in [9.17, 15) is 19.8 Å². The number of rotatable bonds is 4. The van der Waals surface area contributed by atoms with Crippen LogP contribution in [-0.4, -0.2) is 38.6 Å². The minimum Gasteiger partial charge on any atom is -0.493 e. The van der Waals surface area contributed by atoms with E-state index < -0.39 is 17.1 Å². The van der Waals surface area contributed by atoms with Crippen molar-refractivity contribution in [2.24, 2.45) is 15.8 Å². The quantitative estimate of drug-likeness (QED) is 0.652. The minimum atomic E-state index is -0.696. The molecule has 0 spiro atoms. The first-order chi connectivity index (χ1) is 14.3. The number of aromatic hydroxyl groups is 1. The number of aliphatic imine (C=N–C) groups is 1. The number of hydrogen-bond acceptors (Lipinski definition) is 5. The number of H-pyrrole nitrogens is 1. The summed E-state index contributed by atoms with van der Waals surface area (Å²) < 4.78 is 1.13. The van der Waals surface area contributed by atoms with Gasteiger partial charge in [-0.3, -0.25) is 14.8 Å². The Kier molecular flexibility index (Phi) is 6.02. The molecule has 1 aromatic heterocycles. The predicted molar refractivity (Wildman–Crippen MR) is 123 cm³/mol. The van der Waals surface area contributed by atoms with Gasteiger partial charge in [0.25, 0.3) is 5.56 Å². The molecule has 3 rings (SSSR count). The highest BCUT2D eigenvalue weighted by Crippen LogP contribution is 2.46. The lowest BCUT2D eigenvalue weighted by molar-refractivity contribution is -0.00472. The molecular weight excluding hydrogens is 394 g/mol. The molecule has 0 amide bonds. The summed E-state index contributed by atoms with van der Waals surface area (Å²) in [5.74, 6) is -0.429. The van der Waals surface area contributed by atoms with Gasteiger partial charge in [0, 0.05) is 12.8 Å². The summed E-state index contributed by atoms with van der Waals surface area (Å²) in [5, 5.41) is 21.1. The number of hydrogen-bond donors (Lipinski definition) is 3. The Hall–Kier alpha value is -2.67. The maximum absolute atomic E-state index is 12.6. The fraction of sp³-hybridized carbons (Fsp3) is 0.542. The van der Waals surface area contributed by atoms with Crippen molar-refractivity contribution in [1.29, 1.82) is 0 Å². The molecular formula is C24H33N3O4. The summed E-state index contributed by atoms with van der Waals surface area (Å²) >= 11 is 0. The Balaban J connectivity index is 2.00. The number of aliphatic hydroxyl groups is 1. The standard InChI is InChI=1S/C24H33N3O4/c1-14-7-15(2)19(16(3)8-14)27-21(30)18(20(29)26-22(27)31)11-25-13-24(6)10-17(28)9-23(4,5)12-24/h7-8,11,17,28,30H,9-10,12-13H2,1-6H3,(H,26,29,31)/t17-,24+/m0/s1. The Labute approximate surface area is 182 Å². The lowest BCUT2D eigenvalue weighted by Crippen LogP contribution is -2.40. The van der Waals surface area contributed by atoms with Gasteiger partial charge < -0.3 is 10.2 Å². The molecule has 31 heavy (non-hydrogen) atoms. The molecule has 0 aliphatic heterocycles. The smallest absolute Gasteiger partial charge is 0.335 e. The average molecular weight is 428 g/mol. The van der Waals surface area contributed by atoms with E-state index in [0.717, 1.165) is 34.1 Å². The predicted octanol–water partition coefficient (Wildman–Crippen LogP) is 3.15. The largest absolute Gasteiger partial charge is 0.493 e. The van der Waals surface area contributed by atoms with Crippen molar-refractivity contribution < 1.29 is 10.2 Å². The zero-order valence-corrected chi connectivity index (χ0v) is 19.2. The molecule has 1 aliphatic rings. The second kappa shape index (κ2) is 8.11. The summed E-state index contributed by atoms with van der Waals surface area (Å²) in [4.78, 5) is 31.7. The van der Waals surface area contributed by atoms with E-state index in [2.05, 4.69) is 30.7 Å². The van der Waals surface area contributed by atoms with Gasteiger partial charge in [0.1, 0.15) is 5.56 Å². The van der Waals surface area contributed by atoms with Gasteiger partial charge in [-0.25, -0.2) is 9.36 Å². The molecule has 168 valence electrons. The topological polar surface area (TPSA) is 108 Å². The minimum absolute atomic E-state index is 0.00920. The van der Waals surface area contributed by atoms with Crippen LogP contribution in [0.25, 0.3) is 5.69 Å². The van der Waals surface area contributed by atoms with Gasteiger partial charge in [0.05, 0.1) is 11.8 Å². The summed E-state index contributed by atoms with van der Waals surface area (Å²) in [6, 6.07) is 3.84. The highest BCUT2D eigenvalue weighted by molar-refractivity contribution is 5.82. The SMILES string of the molecule is Cc1cc(C)c(-n2c(O)c(C=NC[C@]3(C)C[C@@H](O)CC(C)(C)C3)c(=O)[nH]c2=O)c(C)c1. The normalized spacial score (nSPS) is 23.4. The number of aromatic nitrogens is 2. The number of aryl methyl sites for hydroxylation is 3. The van der Waals surface area contributed by atoms with Crippen LogP contribution >= 0.6 is 0 Å². The van der Waals surface area contributed by atoms with E-state index in [-0.39, 0.29) is 22.5 Å². The third-order valence-electron chi connectivity index (χ3n) is 6.10. The van der Waals surface area contributed by atoms with Crippen molar-refractivity contribution in [2.45, 2.75) is 66.9 Å². The first-order valence-electron chi connectivity index (χ1n) is 10.7. The van der Waals surface area contributed by atoms with E-state index in [1.807, 2.05) is 32.9 Å². The fourth-order valence-corrected chi connectivity index (χ4v) is 5.44. The van der Waals surface area contributed by atoms with Gasteiger partial charge in [-0.2, -0.15) is 0 Å². The zero-order chi connectivity index (χ0) is 23.1. The molecule has 2 aromatic rings. The van der Waals surface area contributed by atoms with Gasteiger partial charge in [-0.05, 0) is 62.0 Å². The lowest BCUT2D eigenvalue weighted by Gasteiger charge is -2.44. The van der Waals surface area contributed by atoms with Crippen molar-refractivity contribution in [3.05, 3.63) is 55.2 Å². The van der Waals surface area contributed by atoms with Gasteiger partial charge in [-0.1, -0.05) is 38.5 Å². The molecule has 1 aliphatic carbocycles. The Morgan fingerprint density at radius 1 is 1.16 bits per heavy atom. The number of benzene rings is 1. The maximum atomic E-state index is 12.6. The second-order valence-electron chi connectivity index (χ2n) is 10.3. The Bertz CT molecular complexity index is 1120. The van der Waals surface area contributed by atoms with Crippen LogP contribution < -0.4 is 11.2 Å². The van der Waals surface area contributed by atoms with Crippen LogP contribution in [0.2, 0.25) is 0 Å². The molecule has 1 aromatic carbocycles. The van der Waals surface area contributed by atoms with Crippen molar-refractivity contribution in [3.63, 3.8) is 0 Å². The molecule has 1 fully saturated rings. The number of nitrogens with zero attached hydrogens (tertiary/aromatic N) is 2. The molecule has 1 heterocycles. The maximum Gasteiger partial charge on any atom is 0.335 e.